The first-order chi connectivity index (χ1) is 10.6. The van der Waals surface area contributed by atoms with E-state index in [9.17, 15) is 9.18 Å². The first-order valence-electron chi connectivity index (χ1n) is 7.32. The third-order valence-corrected chi connectivity index (χ3v) is 3.45. The molecule has 0 bridgehead atoms. The highest BCUT2D eigenvalue weighted by atomic mass is 19.1. The first kappa shape index (κ1) is 16.1. The number of halogens is 1. The molecule has 0 aliphatic carbocycles. The number of benzene rings is 1. The van der Waals surface area contributed by atoms with E-state index in [1.807, 2.05) is 12.1 Å². The number of carbonyl (C=O) groups is 1. The van der Waals surface area contributed by atoms with Gasteiger partial charge in [0.1, 0.15) is 5.82 Å². The van der Waals surface area contributed by atoms with Crippen molar-refractivity contribution in [1.29, 1.82) is 0 Å². The van der Waals surface area contributed by atoms with Crippen LogP contribution in [0.5, 0.6) is 0 Å². The summed E-state index contributed by atoms with van der Waals surface area (Å²) in [5.74, 6) is -0.396. The highest BCUT2D eigenvalue weighted by Crippen LogP contribution is 2.08. The molecule has 0 fully saturated rings. The minimum Gasteiger partial charge on any atom is -0.351 e. The molecule has 1 unspecified atom stereocenters. The Kier molecular flexibility index (Phi) is 6.03. The van der Waals surface area contributed by atoms with Crippen LogP contribution in [0.3, 0.4) is 0 Å². The second kappa shape index (κ2) is 8.24. The molecule has 1 aromatic carbocycles. The predicted octanol–water partition coefficient (Wildman–Crippen LogP) is 2.19. The van der Waals surface area contributed by atoms with Crippen LogP contribution >= 0.6 is 0 Å². The number of hydrogen-bond acceptors (Lipinski definition) is 3. The molecule has 0 spiro atoms. The minimum absolute atomic E-state index is 0.157. The van der Waals surface area contributed by atoms with Crippen LogP contribution in [-0.2, 0) is 17.8 Å². The third-order valence-electron chi connectivity index (χ3n) is 3.45. The van der Waals surface area contributed by atoms with E-state index in [0.717, 1.165) is 24.0 Å². The molecule has 116 valence electrons. The molecule has 4 nitrogen and oxygen atoms in total. The fourth-order valence-corrected chi connectivity index (χ4v) is 2.13. The quantitative estimate of drug-likeness (QED) is 0.823. The van der Waals surface area contributed by atoms with Gasteiger partial charge in [-0.25, -0.2) is 4.39 Å². The summed E-state index contributed by atoms with van der Waals surface area (Å²) >= 11 is 0. The Bertz CT molecular complexity index is 587. The zero-order valence-corrected chi connectivity index (χ0v) is 12.3. The number of aryl methyl sites for hydroxylation is 1. The lowest BCUT2D eigenvalue weighted by molar-refractivity contribution is -0.122. The van der Waals surface area contributed by atoms with Gasteiger partial charge in [-0.05, 0) is 54.7 Å². The Hall–Kier alpha value is -2.27. The molecule has 0 aliphatic heterocycles. The molecule has 5 heteroatoms. The number of nitrogens with one attached hydrogen (secondary N) is 1. The zero-order chi connectivity index (χ0) is 15.8. The summed E-state index contributed by atoms with van der Waals surface area (Å²) in [4.78, 5) is 15.8. The summed E-state index contributed by atoms with van der Waals surface area (Å²) < 4.78 is 12.8. The van der Waals surface area contributed by atoms with Gasteiger partial charge in [0, 0.05) is 18.9 Å². The third kappa shape index (κ3) is 5.26. The van der Waals surface area contributed by atoms with Gasteiger partial charge in [0.15, 0.2) is 0 Å². The van der Waals surface area contributed by atoms with Crippen molar-refractivity contribution in [3.8, 4) is 0 Å². The second-order valence-electron chi connectivity index (χ2n) is 5.20. The number of pyridine rings is 1. The van der Waals surface area contributed by atoms with Crippen molar-refractivity contribution < 1.29 is 9.18 Å². The second-order valence-corrected chi connectivity index (χ2v) is 5.20. The van der Waals surface area contributed by atoms with Crippen LogP contribution in [0.1, 0.15) is 24.0 Å². The van der Waals surface area contributed by atoms with E-state index in [4.69, 9.17) is 5.73 Å². The summed E-state index contributed by atoms with van der Waals surface area (Å²) in [5.41, 5.74) is 7.92. The summed E-state index contributed by atoms with van der Waals surface area (Å²) in [5, 5.41) is 2.81. The number of nitrogens with two attached hydrogens (primary N) is 1. The maximum absolute atomic E-state index is 12.8. The molecular weight excluding hydrogens is 281 g/mol. The van der Waals surface area contributed by atoms with Crippen LogP contribution in [0.2, 0.25) is 0 Å². The van der Waals surface area contributed by atoms with Gasteiger partial charge < -0.3 is 11.1 Å². The fourth-order valence-electron chi connectivity index (χ4n) is 2.13. The van der Waals surface area contributed by atoms with Gasteiger partial charge in [-0.2, -0.15) is 0 Å². The summed E-state index contributed by atoms with van der Waals surface area (Å²) in [6, 6.07) is 9.56. The predicted molar refractivity (Wildman–Crippen MR) is 83.4 cm³/mol. The average molecular weight is 301 g/mol. The molecule has 3 N–H and O–H groups in total. The average Bonchev–Trinajstić information content (AvgIpc) is 2.55. The molecule has 0 saturated carbocycles. The zero-order valence-electron chi connectivity index (χ0n) is 12.3. The number of amides is 1. The Morgan fingerprint density at radius 1 is 1.14 bits per heavy atom. The molecule has 0 saturated heterocycles. The van der Waals surface area contributed by atoms with Crippen molar-refractivity contribution in [3.05, 3.63) is 65.7 Å². The molecule has 0 aliphatic rings. The van der Waals surface area contributed by atoms with Gasteiger partial charge in [0.2, 0.25) is 5.91 Å². The normalized spacial score (nSPS) is 11.9. The molecule has 1 aromatic heterocycles. The SMILES string of the molecule is NC(CCCc1ccc(F)cc1)C(=O)NCc1ccncc1. The number of rotatable bonds is 7. The van der Waals surface area contributed by atoms with Gasteiger partial charge in [-0.1, -0.05) is 12.1 Å². The van der Waals surface area contributed by atoms with Crippen molar-refractivity contribution in [2.24, 2.45) is 5.73 Å². The van der Waals surface area contributed by atoms with Crippen LogP contribution in [-0.4, -0.2) is 16.9 Å². The van der Waals surface area contributed by atoms with Crippen molar-refractivity contribution in [2.75, 3.05) is 0 Å². The van der Waals surface area contributed by atoms with Crippen LogP contribution in [0, 0.1) is 5.82 Å². The molecule has 1 heterocycles. The van der Waals surface area contributed by atoms with Gasteiger partial charge >= 0.3 is 0 Å². The van der Waals surface area contributed by atoms with Crippen molar-refractivity contribution in [3.63, 3.8) is 0 Å². The Balaban J connectivity index is 1.69. The largest absolute Gasteiger partial charge is 0.351 e. The maximum atomic E-state index is 12.8. The Morgan fingerprint density at radius 3 is 2.50 bits per heavy atom. The topological polar surface area (TPSA) is 68.0 Å². The van der Waals surface area contributed by atoms with E-state index in [-0.39, 0.29) is 11.7 Å². The minimum atomic E-state index is -0.526. The van der Waals surface area contributed by atoms with E-state index < -0.39 is 6.04 Å². The van der Waals surface area contributed by atoms with E-state index >= 15 is 0 Å². The van der Waals surface area contributed by atoms with Crippen molar-refractivity contribution in [2.45, 2.75) is 31.8 Å². The van der Waals surface area contributed by atoms with Gasteiger partial charge in [0.05, 0.1) is 6.04 Å². The summed E-state index contributed by atoms with van der Waals surface area (Å²) in [7, 11) is 0. The Morgan fingerprint density at radius 2 is 1.82 bits per heavy atom. The van der Waals surface area contributed by atoms with E-state index in [1.165, 1.54) is 12.1 Å². The smallest absolute Gasteiger partial charge is 0.237 e. The summed E-state index contributed by atoms with van der Waals surface area (Å²) in [6.07, 6.45) is 5.54. The molecule has 1 atom stereocenters. The highest BCUT2D eigenvalue weighted by Gasteiger charge is 2.12. The standard InChI is InChI=1S/C17H20FN3O/c18-15-6-4-13(5-7-15)2-1-3-16(19)17(22)21-12-14-8-10-20-11-9-14/h4-11,16H,1-3,12,19H2,(H,21,22). The number of carbonyl (C=O) groups excluding carboxylic acids is 1. The number of hydrogen-bond donors (Lipinski definition) is 2. The fraction of sp³-hybridized carbons (Fsp3) is 0.294. The van der Waals surface area contributed by atoms with Gasteiger partial charge in [0.25, 0.3) is 0 Å². The molecule has 1 amide bonds. The maximum Gasteiger partial charge on any atom is 0.237 e. The molecular formula is C17H20FN3O. The van der Waals surface area contributed by atoms with Crippen molar-refractivity contribution >= 4 is 5.91 Å². The number of aromatic nitrogens is 1. The first-order valence-corrected chi connectivity index (χ1v) is 7.32. The van der Waals surface area contributed by atoms with Crippen LogP contribution in [0.4, 0.5) is 4.39 Å². The van der Waals surface area contributed by atoms with E-state index in [1.54, 1.807) is 24.5 Å². The lowest BCUT2D eigenvalue weighted by Crippen LogP contribution is -2.40. The molecule has 2 rings (SSSR count). The van der Waals surface area contributed by atoms with Crippen LogP contribution in [0.25, 0.3) is 0 Å². The van der Waals surface area contributed by atoms with E-state index in [0.29, 0.717) is 13.0 Å². The Labute approximate surface area is 129 Å². The molecule has 2 aromatic rings. The van der Waals surface area contributed by atoms with Crippen molar-refractivity contribution in [1.82, 2.24) is 10.3 Å². The molecule has 22 heavy (non-hydrogen) atoms. The lowest BCUT2D eigenvalue weighted by atomic mass is 10.0. The summed E-state index contributed by atoms with van der Waals surface area (Å²) in [6.45, 7) is 0.451. The van der Waals surface area contributed by atoms with Crippen LogP contribution in [0.15, 0.2) is 48.8 Å². The monoisotopic (exact) mass is 301 g/mol. The lowest BCUT2D eigenvalue weighted by Gasteiger charge is -2.12. The van der Waals surface area contributed by atoms with E-state index in [2.05, 4.69) is 10.3 Å². The van der Waals surface area contributed by atoms with Gasteiger partial charge in [-0.3, -0.25) is 9.78 Å². The highest BCUT2D eigenvalue weighted by molar-refractivity contribution is 5.81. The number of nitrogens with zero attached hydrogens (tertiary/aromatic N) is 1. The van der Waals surface area contributed by atoms with Gasteiger partial charge in [-0.15, -0.1) is 0 Å². The van der Waals surface area contributed by atoms with Crippen LogP contribution < -0.4 is 11.1 Å². The molecule has 0 radical (unpaired) electrons.